The first kappa shape index (κ1) is 15.4. The summed E-state index contributed by atoms with van der Waals surface area (Å²) in [6, 6.07) is 4.44. The lowest BCUT2D eigenvalue weighted by molar-refractivity contribution is 0.0769. The number of anilines is 1. The molecule has 1 amide bonds. The molecule has 0 saturated carbocycles. The molecular formula is C14H21FN2O2. The summed E-state index contributed by atoms with van der Waals surface area (Å²) in [6.07, 6.45) is 0.0321. The van der Waals surface area contributed by atoms with E-state index in [1.807, 2.05) is 6.92 Å². The molecule has 0 aromatic heterocycles. The second kappa shape index (κ2) is 7.09. The van der Waals surface area contributed by atoms with Gasteiger partial charge in [-0.1, -0.05) is 6.07 Å². The number of carbonyl (C=O) groups is 1. The summed E-state index contributed by atoms with van der Waals surface area (Å²) in [5.41, 5.74) is 0.550. The average Bonchev–Trinajstić information content (AvgIpc) is 2.37. The summed E-state index contributed by atoms with van der Waals surface area (Å²) in [4.78, 5) is 13.7. The number of hydrogen-bond donors (Lipinski definition) is 2. The van der Waals surface area contributed by atoms with Crippen molar-refractivity contribution in [3.8, 4) is 0 Å². The van der Waals surface area contributed by atoms with Crippen LogP contribution in [0, 0.1) is 5.82 Å². The molecule has 19 heavy (non-hydrogen) atoms. The number of rotatable bonds is 6. The fourth-order valence-electron chi connectivity index (χ4n) is 1.75. The number of nitrogens with one attached hydrogen (secondary N) is 1. The van der Waals surface area contributed by atoms with Gasteiger partial charge in [0.05, 0.1) is 17.4 Å². The molecule has 5 heteroatoms. The SMILES string of the molecule is CCNc1c(F)cccc1C(=O)N(C)CCC(C)O. The highest BCUT2D eigenvalue weighted by Crippen LogP contribution is 2.21. The Hall–Kier alpha value is -1.62. The number of aliphatic hydroxyl groups excluding tert-OH is 1. The van der Waals surface area contributed by atoms with Crippen LogP contribution < -0.4 is 5.32 Å². The van der Waals surface area contributed by atoms with E-state index in [-0.39, 0.29) is 11.6 Å². The fraction of sp³-hybridized carbons (Fsp3) is 0.500. The first-order valence-corrected chi connectivity index (χ1v) is 6.43. The van der Waals surface area contributed by atoms with E-state index >= 15 is 0 Å². The Morgan fingerprint density at radius 2 is 2.21 bits per heavy atom. The zero-order valence-corrected chi connectivity index (χ0v) is 11.6. The van der Waals surface area contributed by atoms with E-state index in [4.69, 9.17) is 0 Å². The summed E-state index contributed by atoms with van der Waals surface area (Å²) < 4.78 is 13.7. The van der Waals surface area contributed by atoms with Crippen molar-refractivity contribution < 1.29 is 14.3 Å². The van der Waals surface area contributed by atoms with Crippen LogP contribution in [0.5, 0.6) is 0 Å². The molecule has 0 radical (unpaired) electrons. The standard InChI is InChI=1S/C14H21FN2O2/c1-4-16-13-11(6-5-7-12(13)15)14(19)17(3)9-8-10(2)18/h5-7,10,16,18H,4,8-9H2,1-3H3. The van der Waals surface area contributed by atoms with Crippen LogP contribution in [0.25, 0.3) is 0 Å². The summed E-state index contributed by atoms with van der Waals surface area (Å²) >= 11 is 0. The number of hydrogen-bond acceptors (Lipinski definition) is 3. The number of carbonyl (C=O) groups excluding carboxylic acids is 1. The van der Waals surface area contributed by atoms with E-state index in [0.717, 1.165) is 0 Å². The predicted molar refractivity (Wildman–Crippen MR) is 73.8 cm³/mol. The lowest BCUT2D eigenvalue weighted by Gasteiger charge is -2.20. The van der Waals surface area contributed by atoms with Gasteiger partial charge in [0.2, 0.25) is 0 Å². The highest BCUT2D eigenvalue weighted by atomic mass is 19.1. The lowest BCUT2D eigenvalue weighted by Crippen LogP contribution is -2.30. The molecule has 1 unspecified atom stereocenters. The van der Waals surface area contributed by atoms with Gasteiger partial charge in [0, 0.05) is 20.1 Å². The highest BCUT2D eigenvalue weighted by Gasteiger charge is 2.18. The molecule has 1 atom stereocenters. The fourth-order valence-corrected chi connectivity index (χ4v) is 1.75. The average molecular weight is 268 g/mol. The van der Waals surface area contributed by atoms with Crippen LogP contribution in [-0.4, -0.2) is 42.2 Å². The third-order valence-electron chi connectivity index (χ3n) is 2.83. The normalized spacial score (nSPS) is 12.1. The molecular weight excluding hydrogens is 247 g/mol. The van der Waals surface area contributed by atoms with Crippen molar-refractivity contribution in [1.82, 2.24) is 4.90 Å². The Bertz CT molecular complexity index is 435. The highest BCUT2D eigenvalue weighted by molar-refractivity contribution is 5.99. The zero-order chi connectivity index (χ0) is 14.4. The van der Waals surface area contributed by atoms with Crippen LogP contribution in [0.4, 0.5) is 10.1 Å². The Balaban J connectivity index is 2.89. The third kappa shape index (κ3) is 4.21. The van der Waals surface area contributed by atoms with Crippen molar-refractivity contribution in [3.63, 3.8) is 0 Å². The number of amides is 1. The van der Waals surface area contributed by atoms with Gasteiger partial charge >= 0.3 is 0 Å². The molecule has 0 spiro atoms. The third-order valence-corrected chi connectivity index (χ3v) is 2.83. The van der Waals surface area contributed by atoms with Crippen molar-refractivity contribution in [2.75, 3.05) is 25.5 Å². The van der Waals surface area contributed by atoms with Crippen LogP contribution in [0.3, 0.4) is 0 Å². The van der Waals surface area contributed by atoms with Crippen molar-refractivity contribution in [1.29, 1.82) is 0 Å². The predicted octanol–water partition coefficient (Wildman–Crippen LogP) is 2.10. The molecule has 0 bridgehead atoms. The van der Waals surface area contributed by atoms with Crippen LogP contribution in [0.15, 0.2) is 18.2 Å². The van der Waals surface area contributed by atoms with Gasteiger partial charge in [-0.25, -0.2) is 4.39 Å². The summed E-state index contributed by atoms with van der Waals surface area (Å²) in [6.45, 7) is 4.49. The second-order valence-corrected chi connectivity index (χ2v) is 4.56. The lowest BCUT2D eigenvalue weighted by atomic mass is 10.1. The van der Waals surface area contributed by atoms with Crippen LogP contribution >= 0.6 is 0 Å². The quantitative estimate of drug-likeness (QED) is 0.830. The van der Waals surface area contributed by atoms with Crippen LogP contribution in [-0.2, 0) is 0 Å². The number of para-hydroxylation sites is 1. The zero-order valence-electron chi connectivity index (χ0n) is 11.6. The van der Waals surface area contributed by atoms with Crippen molar-refractivity contribution in [2.24, 2.45) is 0 Å². The van der Waals surface area contributed by atoms with E-state index in [9.17, 15) is 14.3 Å². The molecule has 1 aromatic carbocycles. The molecule has 0 aliphatic carbocycles. The molecule has 1 rings (SSSR count). The molecule has 0 heterocycles. The minimum absolute atomic E-state index is 0.235. The maximum Gasteiger partial charge on any atom is 0.255 e. The molecule has 0 aliphatic heterocycles. The minimum Gasteiger partial charge on any atom is -0.393 e. The molecule has 0 aliphatic rings. The summed E-state index contributed by atoms with van der Waals surface area (Å²) in [5.74, 6) is -0.687. The summed E-state index contributed by atoms with van der Waals surface area (Å²) in [7, 11) is 1.64. The van der Waals surface area contributed by atoms with Crippen molar-refractivity contribution in [3.05, 3.63) is 29.6 Å². The van der Waals surface area contributed by atoms with Gasteiger partial charge < -0.3 is 15.3 Å². The first-order valence-electron chi connectivity index (χ1n) is 6.43. The Morgan fingerprint density at radius 1 is 1.53 bits per heavy atom. The molecule has 0 saturated heterocycles. The monoisotopic (exact) mass is 268 g/mol. The molecule has 2 N–H and O–H groups in total. The summed E-state index contributed by atoms with van der Waals surface area (Å²) in [5, 5.41) is 12.1. The Morgan fingerprint density at radius 3 is 2.79 bits per heavy atom. The minimum atomic E-state index is -0.462. The Labute approximate surface area is 113 Å². The van der Waals surface area contributed by atoms with Crippen molar-refractivity contribution in [2.45, 2.75) is 26.4 Å². The van der Waals surface area contributed by atoms with E-state index < -0.39 is 11.9 Å². The van der Waals surface area contributed by atoms with E-state index in [1.165, 1.54) is 17.0 Å². The van der Waals surface area contributed by atoms with Gasteiger partial charge in [-0.2, -0.15) is 0 Å². The molecule has 1 aromatic rings. The van der Waals surface area contributed by atoms with Gasteiger partial charge in [0.1, 0.15) is 5.82 Å². The smallest absolute Gasteiger partial charge is 0.255 e. The number of halogens is 1. The number of nitrogens with zero attached hydrogens (tertiary/aromatic N) is 1. The number of benzene rings is 1. The topological polar surface area (TPSA) is 52.6 Å². The maximum absolute atomic E-state index is 13.7. The first-order chi connectivity index (χ1) is 8.97. The molecule has 0 fully saturated rings. The van der Waals surface area contributed by atoms with E-state index in [2.05, 4.69) is 5.32 Å². The number of aliphatic hydroxyl groups is 1. The van der Waals surface area contributed by atoms with Gasteiger partial charge in [-0.3, -0.25) is 4.79 Å². The van der Waals surface area contributed by atoms with Gasteiger partial charge in [-0.15, -0.1) is 0 Å². The van der Waals surface area contributed by atoms with Gasteiger partial charge in [0.15, 0.2) is 0 Å². The van der Waals surface area contributed by atoms with Crippen LogP contribution in [0.2, 0.25) is 0 Å². The van der Waals surface area contributed by atoms with E-state index in [0.29, 0.717) is 25.1 Å². The van der Waals surface area contributed by atoms with Crippen molar-refractivity contribution >= 4 is 11.6 Å². The maximum atomic E-state index is 13.7. The largest absolute Gasteiger partial charge is 0.393 e. The van der Waals surface area contributed by atoms with Gasteiger partial charge in [0.25, 0.3) is 5.91 Å². The molecule has 106 valence electrons. The second-order valence-electron chi connectivity index (χ2n) is 4.56. The molecule has 4 nitrogen and oxygen atoms in total. The Kier molecular flexibility index (Phi) is 5.76. The van der Waals surface area contributed by atoms with Gasteiger partial charge in [-0.05, 0) is 32.4 Å². The van der Waals surface area contributed by atoms with E-state index in [1.54, 1.807) is 20.0 Å². The van der Waals surface area contributed by atoms with Crippen LogP contribution in [0.1, 0.15) is 30.6 Å².